The van der Waals surface area contributed by atoms with Crippen molar-refractivity contribution in [3.63, 3.8) is 0 Å². The van der Waals surface area contributed by atoms with Gasteiger partial charge in [0.05, 0.1) is 11.4 Å². The number of aliphatic imine (C=N–C) groups is 1. The molecule has 0 saturated carbocycles. The number of amidine groups is 1. The number of ether oxygens (including phenoxy) is 1. The van der Waals surface area contributed by atoms with Gasteiger partial charge in [-0.15, -0.1) is 0 Å². The molecule has 0 aliphatic carbocycles. The Morgan fingerprint density at radius 3 is 2.76 bits per heavy atom. The number of halogens is 1. The number of thioether (sulfide) groups is 1. The summed E-state index contributed by atoms with van der Waals surface area (Å²) in [4.78, 5) is 25.4. The zero-order valence-corrected chi connectivity index (χ0v) is 16.7. The highest BCUT2D eigenvalue weighted by atomic mass is 35.5. The number of nitrogens with one attached hydrogen (secondary N) is 1. The predicted octanol–water partition coefficient (Wildman–Crippen LogP) is 4.68. The lowest BCUT2D eigenvalue weighted by molar-refractivity contribution is -0.115. The van der Waals surface area contributed by atoms with Crippen LogP contribution in [0.15, 0.2) is 76.9 Å². The lowest BCUT2D eigenvalue weighted by Crippen LogP contribution is -2.19. The van der Waals surface area contributed by atoms with Crippen LogP contribution in [0.25, 0.3) is 6.08 Å². The van der Waals surface area contributed by atoms with Gasteiger partial charge in [-0.2, -0.15) is 0 Å². The second-order valence-corrected chi connectivity index (χ2v) is 7.49. The van der Waals surface area contributed by atoms with Crippen LogP contribution in [0.3, 0.4) is 0 Å². The van der Waals surface area contributed by atoms with Gasteiger partial charge in [-0.3, -0.25) is 9.79 Å². The van der Waals surface area contributed by atoms with Gasteiger partial charge in [-0.1, -0.05) is 35.9 Å². The maximum absolute atomic E-state index is 12.3. The third-order valence-electron chi connectivity index (χ3n) is 3.85. The summed E-state index contributed by atoms with van der Waals surface area (Å²) in [6.07, 6.45) is 5.01. The quantitative estimate of drug-likeness (QED) is 0.604. The lowest BCUT2D eigenvalue weighted by atomic mass is 10.2. The Hall–Kier alpha value is -3.16. The van der Waals surface area contributed by atoms with E-state index in [1.165, 1.54) is 11.8 Å². The summed E-state index contributed by atoms with van der Waals surface area (Å²) in [5, 5.41) is 4.01. The van der Waals surface area contributed by atoms with Crippen molar-refractivity contribution in [2.75, 3.05) is 0 Å². The molecule has 6 nitrogen and oxygen atoms in total. The Labute approximate surface area is 176 Å². The highest BCUT2D eigenvalue weighted by molar-refractivity contribution is 8.18. The van der Waals surface area contributed by atoms with Gasteiger partial charge in [0.25, 0.3) is 5.91 Å². The standard InChI is InChI=1S/C21H15ClN4O2S/c22-16-6-1-5-15(10-16)13-25-21-26-19(27)18(29-21)12-14-4-2-7-17(11-14)28-20-23-8-3-9-24-20/h1-12H,13H2,(H,25,26,27). The summed E-state index contributed by atoms with van der Waals surface area (Å²) in [7, 11) is 0. The molecule has 1 aromatic heterocycles. The summed E-state index contributed by atoms with van der Waals surface area (Å²) in [5.41, 5.74) is 1.80. The lowest BCUT2D eigenvalue weighted by Gasteiger charge is -2.04. The Morgan fingerprint density at radius 2 is 1.93 bits per heavy atom. The van der Waals surface area contributed by atoms with E-state index >= 15 is 0 Å². The van der Waals surface area contributed by atoms with Crippen LogP contribution >= 0.6 is 23.4 Å². The molecule has 144 valence electrons. The van der Waals surface area contributed by atoms with Crippen LogP contribution in [0, 0.1) is 0 Å². The molecule has 1 amide bonds. The first kappa shape index (κ1) is 19.2. The first-order valence-corrected chi connectivity index (χ1v) is 9.90. The Balaban J connectivity index is 1.46. The van der Waals surface area contributed by atoms with Gasteiger partial charge in [0.1, 0.15) is 5.75 Å². The first-order valence-electron chi connectivity index (χ1n) is 8.70. The highest BCUT2D eigenvalue weighted by Crippen LogP contribution is 2.28. The smallest absolute Gasteiger partial charge is 0.321 e. The van der Waals surface area contributed by atoms with E-state index in [1.54, 1.807) is 30.6 Å². The van der Waals surface area contributed by atoms with E-state index in [2.05, 4.69) is 20.3 Å². The SMILES string of the molecule is O=C1NC(=NCc2cccc(Cl)c2)SC1=Cc1cccc(Oc2ncccn2)c1. The van der Waals surface area contributed by atoms with E-state index in [0.717, 1.165) is 11.1 Å². The Bertz CT molecular complexity index is 1100. The zero-order chi connectivity index (χ0) is 20.1. The van der Waals surface area contributed by atoms with Crippen LogP contribution in [-0.4, -0.2) is 21.0 Å². The molecular weight excluding hydrogens is 408 g/mol. The maximum atomic E-state index is 12.3. The minimum Gasteiger partial charge on any atom is -0.424 e. The number of nitrogens with zero attached hydrogens (tertiary/aromatic N) is 3. The minimum absolute atomic E-state index is 0.183. The molecule has 0 bridgehead atoms. The van der Waals surface area contributed by atoms with Crippen molar-refractivity contribution in [1.29, 1.82) is 0 Å². The zero-order valence-electron chi connectivity index (χ0n) is 15.1. The van der Waals surface area contributed by atoms with Gasteiger partial charge in [0.15, 0.2) is 5.17 Å². The third-order valence-corrected chi connectivity index (χ3v) is 5.03. The molecule has 1 saturated heterocycles. The molecule has 1 aliphatic rings. The second kappa shape index (κ2) is 8.89. The largest absolute Gasteiger partial charge is 0.424 e. The monoisotopic (exact) mass is 422 g/mol. The van der Waals surface area contributed by atoms with E-state index in [0.29, 0.717) is 27.4 Å². The van der Waals surface area contributed by atoms with Gasteiger partial charge in [0.2, 0.25) is 0 Å². The normalized spacial score (nSPS) is 16.2. The minimum atomic E-state index is -0.183. The molecular formula is C21H15ClN4O2S. The van der Waals surface area contributed by atoms with Gasteiger partial charge in [-0.05, 0) is 59.3 Å². The molecule has 1 fully saturated rings. The van der Waals surface area contributed by atoms with E-state index < -0.39 is 0 Å². The molecule has 2 heterocycles. The van der Waals surface area contributed by atoms with E-state index in [4.69, 9.17) is 16.3 Å². The summed E-state index contributed by atoms with van der Waals surface area (Å²) < 4.78 is 5.64. The average Bonchev–Trinajstić information content (AvgIpc) is 3.07. The number of amides is 1. The second-order valence-electron chi connectivity index (χ2n) is 6.02. The van der Waals surface area contributed by atoms with Crippen LogP contribution in [0.5, 0.6) is 11.8 Å². The number of hydrogen-bond donors (Lipinski definition) is 1. The summed E-state index contributed by atoms with van der Waals surface area (Å²) in [5.74, 6) is 0.404. The molecule has 8 heteroatoms. The van der Waals surface area contributed by atoms with Crippen molar-refractivity contribution in [3.05, 3.63) is 88.0 Å². The van der Waals surface area contributed by atoms with Crippen molar-refractivity contribution in [1.82, 2.24) is 15.3 Å². The molecule has 4 rings (SSSR count). The molecule has 3 aromatic rings. The number of rotatable bonds is 5. The molecule has 0 radical (unpaired) electrons. The van der Waals surface area contributed by atoms with Gasteiger partial charge < -0.3 is 10.1 Å². The number of carbonyl (C=O) groups excluding carboxylic acids is 1. The van der Waals surface area contributed by atoms with E-state index in [9.17, 15) is 4.79 Å². The maximum Gasteiger partial charge on any atom is 0.321 e. The van der Waals surface area contributed by atoms with Gasteiger partial charge >= 0.3 is 6.01 Å². The summed E-state index contributed by atoms with van der Waals surface area (Å²) in [6.45, 7) is 0.441. The van der Waals surface area contributed by atoms with Crippen LogP contribution < -0.4 is 10.1 Å². The molecule has 0 unspecified atom stereocenters. The average molecular weight is 423 g/mol. The highest BCUT2D eigenvalue weighted by Gasteiger charge is 2.23. The Kier molecular flexibility index (Phi) is 5.88. The number of hydrogen-bond acceptors (Lipinski definition) is 6. The Morgan fingerprint density at radius 1 is 1.10 bits per heavy atom. The van der Waals surface area contributed by atoms with Gasteiger partial charge in [0, 0.05) is 17.4 Å². The molecule has 1 aliphatic heterocycles. The van der Waals surface area contributed by atoms with E-state index in [1.807, 2.05) is 42.5 Å². The molecule has 29 heavy (non-hydrogen) atoms. The van der Waals surface area contributed by atoms with Gasteiger partial charge in [-0.25, -0.2) is 9.97 Å². The number of aromatic nitrogens is 2. The molecule has 1 N–H and O–H groups in total. The summed E-state index contributed by atoms with van der Waals surface area (Å²) in [6, 6.07) is 16.8. The summed E-state index contributed by atoms with van der Waals surface area (Å²) >= 11 is 7.29. The molecule has 0 atom stereocenters. The topological polar surface area (TPSA) is 76.5 Å². The first-order chi connectivity index (χ1) is 14.2. The van der Waals surface area contributed by atoms with Crippen molar-refractivity contribution < 1.29 is 9.53 Å². The van der Waals surface area contributed by atoms with Crippen molar-refractivity contribution in [2.45, 2.75) is 6.54 Å². The number of benzene rings is 2. The van der Waals surface area contributed by atoms with Crippen LogP contribution in [0.2, 0.25) is 5.02 Å². The molecule has 2 aromatic carbocycles. The van der Waals surface area contributed by atoms with Crippen LogP contribution in [0.4, 0.5) is 0 Å². The molecule has 0 spiro atoms. The van der Waals surface area contributed by atoms with Crippen LogP contribution in [0.1, 0.15) is 11.1 Å². The number of carbonyl (C=O) groups is 1. The fourth-order valence-electron chi connectivity index (χ4n) is 2.56. The van der Waals surface area contributed by atoms with Crippen molar-refractivity contribution >= 4 is 40.5 Å². The van der Waals surface area contributed by atoms with E-state index in [-0.39, 0.29) is 11.9 Å². The fraction of sp³-hybridized carbons (Fsp3) is 0.0476. The predicted molar refractivity (Wildman–Crippen MR) is 115 cm³/mol. The van der Waals surface area contributed by atoms with Crippen LogP contribution in [-0.2, 0) is 11.3 Å². The third kappa shape index (κ3) is 5.22. The fourth-order valence-corrected chi connectivity index (χ4v) is 3.60. The van der Waals surface area contributed by atoms with Crippen molar-refractivity contribution in [2.24, 2.45) is 4.99 Å². The van der Waals surface area contributed by atoms with Crippen molar-refractivity contribution in [3.8, 4) is 11.8 Å².